The molecule has 52 heavy (non-hydrogen) atoms. The number of nitrogens with one attached hydrogen (secondary N) is 2. The summed E-state index contributed by atoms with van der Waals surface area (Å²) in [6, 6.07) is 10.7. The second-order valence-corrected chi connectivity index (χ2v) is 15.6. The molecule has 1 aliphatic carbocycles. The van der Waals surface area contributed by atoms with Crippen molar-refractivity contribution in [3.63, 3.8) is 0 Å². The van der Waals surface area contributed by atoms with Crippen LogP contribution in [0.15, 0.2) is 36.4 Å². The molecule has 0 unspecified atom stereocenters. The van der Waals surface area contributed by atoms with Crippen molar-refractivity contribution in [2.75, 3.05) is 37.3 Å². The van der Waals surface area contributed by atoms with Crippen LogP contribution in [-0.4, -0.2) is 78.5 Å². The Hall–Kier alpha value is -4.23. The average molecular weight is 748 g/mol. The summed E-state index contributed by atoms with van der Waals surface area (Å²) in [7, 11) is 5.76. The van der Waals surface area contributed by atoms with E-state index in [0.29, 0.717) is 76.0 Å². The highest BCUT2D eigenvalue weighted by Crippen LogP contribution is 2.41. The quantitative estimate of drug-likeness (QED) is 0.192. The van der Waals surface area contributed by atoms with Gasteiger partial charge in [-0.1, -0.05) is 47.5 Å². The molecule has 2 aromatic carbocycles. The van der Waals surface area contributed by atoms with Crippen LogP contribution in [0.1, 0.15) is 76.6 Å². The Bertz CT molecular complexity index is 2070. The van der Waals surface area contributed by atoms with Gasteiger partial charge in [-0.2, -0.15) is 0 Å². The molecule has 0 radical (unpaired) electrons. The number of rotatable bonds is 8. The van der Waals surface area contributed by atoms with Gasteiger partial charge >= 0.3 is 5.97 Å². The maximum atomic E-state index is 13.7. The van der Waals surface area contributed by atoms with Crippen LogP contribution in [0.5, 0.6) is 0 Å². The average Bonchev–Trinajstić information content (AvgIpc) is 3.63. The number of carboxylic acid groups (broad SMARTS) is 1. The summed E-state index contributed by atoms with van der Waals surface area (Å²) >= 11 is 13.8. The topological polar surface area (TPSA) is 138 Å². The molecule has 7 rings (SSSR count). The Kier molecular flexibility index (Phi) is 9.94. The van der Waals surface area contributed by atoms with Crippen LogP contribution in [0.25, 0.3) is 11.1 Å². The Morgan fingerprint density at radius 1 is 0.808 bits per heavy atom. The van der Waals surface area contributed by atoms with Gasteiger partial charge in [-0.05, 0) is 57.7 Å². The highest BCUT2D eigenvalue weighted by molar-refractivity contribution is 6.40. The predicted octanol–water partition coefficient (Wildman–Crippen LogP) is 6.26. The zero-order chi connectivity index (χ0) is 36.9. The Morgan fingerprint density at radius 3 is 1.83 bits per heavy atom. The first-order valence-corrected chi connectivity index (χ1v) is 18.5. The number of likely N-dealkylation sites (N-methyl/N-ethyl adjacent to an activating group) is 1. The third-order valence-electron chi connectivity index (χ3n) is 11.2. The van der Waals surface area contributed by atoms with Gasteiger partial charge in [-0.25, -0.2) is 9.97 Å². The van der Waals surface area contributed by atoms with Gasteiger partial charge in [0, 0.05) is 82.2 Å². The normalized spacial score (nSPS) is 20.6. The van der Waals surface area contributed by atoms with Crippen molar-refractivity contribution in [1.82, 2.24) is 28.9 Å². The van der Waals surface area contributed by atoms with Crippen molar-refractivity contribution in [1.29, 1.82) is 0 Å². The number of aliphatic carboxylic acids is 1. The molecule has 14 heteroatoms. The van der Waals surface area contributed by atoms with E-state index < -0.39 is 11.4 Å². The molecule has 3 aliphatic rings. The number of hydrogen-bond donors (Lipinski definition) is 3. The lowest BCUT2D eigenvalue weighted by Gasteiger charge is -2.37. The van der Waals surface area contributed by atoms with E-state index in [4.69, 9.17) is 28.2 Å². The van der Waals surface area contributed by atoms with Crippen LogP contribution in [0, 0.1) is 11.3 Å². The summed E-state index contributed by atoms with van der Waals surface area (Å²) in [5, 5.41) is 16.1. The summed E-state index contributed by atoms with van der Waals surface area (Å²) in [5.41, 5.74) is 5.28. The maximum Gasteiger partial charge on any atom is 0.309 e. The molecular weight excluding hydrogens is 703 g/mol. The number of fused-ring (bicyclic) bond motifs is 2. The number of carbonyl (C=O) groups excluding carboxylic acids is 2. The van der Waals surface area contributed by atoms with Crippen molar-refractivity contribution in [2.45, 2.75) is 58.5 Å². The minimum atomic E-state index is -0.702. The van der Waals surface area contributed by atoms with E-state index in [9.17, 15) is 19.5 Å². The van der Waals surface area contributed by atoms with Crippen molar-refractivity contribution in [3.8, 4) is 11.1 Å². The standard InChI is InChI=1S/C38H44Cl2N8O4/c1-38(37(51)52)15-11-22(12-16-38)19-48-18-14-30-28(21-48)42-34(47(30)4)36(50)44-26-10-6-8-24(32(26)40)23-7-5-9-25(31(23)39)43-35(49)33-41-27-20-45(2)17-13-29(27)46(33)3/h5-10,22H,11-21H2,1-4H3,(H,43,49)(H,44,50)(H,51,52). The van der Waals surface area contributed by atoms with E-state index in [1.807, 2.05) is 49.3 Å². The molecule has 4 aromatic rings. The van der Waals surface area contributed by atoms with Gasteiger partial charge in [-0.3, -0.25) is 19.3 Å². The largest absolute Gasteiger partial charge is 0.481 e. The molecule has 0 bridgehead atoms. The first kappa shape index (κ1) is 36.1. The molecule has 1 saturated carbocycles. The molecule has 3 N–H and O–H groups in total. The van der Waals surface area contributed by atoms with Crippen LogP contribution in [-0.2, 0) is 44.8 Å². The number of amides is 2. The number of anilines is 2. The van der Waals surface area contributed by atoms with Gasteiger partial charge in [0.2, 0.25) is 0 Å². The molecular formula is C38H44Cl2N8O4. The van der Waals surface area contributed by atoms with E-state index in [-0.39, 0.29) is 11.8 Å². The van der Waals surface area contributed by atoms with Gasteiger partial charge in [0.15, 0.2) is 11.6 Å². The third-order valence-corrected chi connectivity index (χ3v) is 12.0. The maximum absolute atomic E-state index is 13.7. The molecule has 4 heterocycles. The van der Waals surface area contributed by atoms with Gasteiger partial charge in [0.25, 0.3) is 11.8 Å². The van der Waals surface area contributed by atoms with Crippen molar-refractivity contribution >= 4 is 52.4 Å². The molecule has 0 atom stereocenters. The fourth-order valence-corrected chi connectivity index (χ4v) is 8.46. The minimum absolute atomic E-state index is 0.300. The first-order chi connectivity index (χ1) is 24.8. The first-order valence-electron chi connectivity index (χ1n) is 17.8. The number of imidazole rings is 2. The molecule has 12 nitrogen and oxygen atoms in total. The zero-order valence-corrected chi connectivity index (χ0v) is 31.4. The van der Waals surface area contributed by atoms with E-state index >= 15 is 0 Å². The number of aromatic nitrogens is 4. The van der Waals surface area contributed by atoms with E-state index in [1.165, 1.54) is 0 Å². The highest BCUT2D eigenvalue weighted by Gasteiger charge is 2.38. The molecule has 2 aromatic heterocycles. The summed E-state index contributed by atoms with van der Waals surface area (Å²) in [4.78, 5) is 52.7. The monoisotopic (exact) mass is 746 g/mol. The number of hydrogen-bond acceptors (Lipinski definition) is 7. The fourth-order valence-electron chi connectivity index (χ4n) is 7.91. The second-order valence-electron chi connectivity index (χ2n) is 14.8. The lowest BCUT2D eigenvalue weighted by Crippen LogP contribution is -2.39. The molecule has 0 spiro atoms. The molecule has 2 aliphatic heterocycles. The zero-order valence-electron chi connectivity index (χ0n) is 29.9. The number of carbonyl (C=O) groups is 3. The van der Waals surface area contributed by atoms with Crippen LogP contribution >= 0.6 is 23.2 Å². The molecule has 274 valence electrons. The minimum Gasteiger partial charge on any atom is -0.481 e. The SMILES string of the molecule is CN1CCc2c(nc(C(=O)Nc3cccc(-c4cccc(NC(=O)c5nc6c(n5C)CCN(CC5CCC(C)(C(=O)O)CC5)C6)c4Cl)c3Cl)n2C)C1. The number of benzene rings is 2. The molecule has 2 amide bonds. The smallest absolute Gasteiger partial charge is 0.309 e. The van der Waals surface area contributed by atoms with Gasteiger partial charge in [-0.15, -0.1) is 0 Å². The van der Waals surface area contributed by atoms with Crippen LogP contribution in [0.3, 0.4) is 0 Å². The van der Waals surface area contributed by atoms with Crippen molar-refractivity contribution in [2.24, 2.45) is 25.4 Å². The van der Waals surface area contributed by atoms with Crippen molar-refractivity contribution < 1.29 is 19.5 Å². The Morgan fingerprint density at radius 2 is 1.31 bits per heavy atom. The number of halogens is 2. The number of carboxylic acids is 1. The van der Waals surface area contributed by atoms with E-state index in [1.54, 1.807) is 24.3 Å². The third kappa shape index (κ3) is 6.84. The molecule has 1 fully saturated rings. The van der Waals surface area contributed by atoms with Crippen LogP contribution < -0.4 is 10.6 Å². The van der Waals surface area contributed by atoms with Gasteiger partial charge in [0.1, 0.15) is 0 Å². The summed E-state index contributed by atoms with van der Waals surface area (Å²) in [5.74, 6) is -0.361. The Balaban J connectivity index is 1.04. The van der Waals surface area contributed by atoms with Crippen LogP contribution in [0.4, 0.5) is 11.4 Å². The lowest BCUT2D eigenvalue weighted by atomic mass is 9.71. The fraction of sp³-hybridized carbons (Fsp3) is 0.447. The summed E-state index contributed by atoms with van der Waals surface area (Å²) < 4.78 is 3.71. The summed E-state index contributed by atoms with van der Waals surface area (Å²) in [6.07, 6.45) is 4.79. The van der Waals surface area contributed by atoms with Gasteiger partial charge in [0.05, 0.1) is 38.2 Å². The highest BCUT2D eigenvalue weighted by atomic mass is 35.5. The lowest BCUT2D eigenvalue weighted by molar-refractivity contribution is -0.150. The number of nitrogens with zero attached hydrogens (tertiary/aromatic N) is 6. The van der Waals surface area contributed by atoms with E-state index in [2.05, 4.69) is 25.4 Å². The molecule has 0 saturated heterocycles. The van der Waals surface area contributed by atoms with Crippen LogP contribution in [0.2, 0.25) is 10.0 Å². The second kappa shape index (κ2) is 14.3. The van der Waals surface area contributed by atoms with Gasteiger partial charge < -0.3 is 29.8 Å². The predicted molar refractivity (Wildman–Crippen MR) is 201 cm³/mol. The van der Waals surface area contributed by atoms with E-state index in [0.717, 1.165) is 68.1 Å². The summed E-state index contributed by atoms with van der Waals surface area (Å²) in [6.45, 7) is 5.85. The Labute approximate surface area is 313 Å². The van der Waals surface area contributed by atoms with Crippen molar-refractivity contribution in [3.05, 3.63) is 80.9 Å².